The largest absolute Gasteiger partial charge is 0.356 e. The van der Waals surface area contributed by atoms with Crippen molar-refractivity contribution in [3.8, 4) is 0 Å². The average Bonchev–Trinajstić information content (AvgIpc) is 3.31. The molecule has 3 heterocycles. The molecule has 0 radical (unpaired) electrons. The first kappa shape index (κ1) is 15.4. The second-order valence-electron chi connectivity index (χ2n) is 7.09. The van der Waals surface area contributed by atoms with Gasteiger partial charge in [0.2, 0.25) is 5.91 Å². The van der Waals surface area contributed by atoms with Gasteiger partial charge in [-0.2, -0.15) is 14.6 Å². The molecule has 7 heteroatoms. The first-order valence-corrected chi connectivity index (χ1v) is 8.83. The zero-order valence-electron chi connectivity index (χ0n) is 14.3. The highest BCUT2D eigenvalue weighted by Gasteiger charge is 2.30. The van der Waals surface area contributed by atoms with Gasteiger partial charge < -0.3 is 10.2 Å². The fourth-order valence-corrected chi connectivity index (χ4v) is 3.48. The second kappa shape index (κ2) is 6.03. The Morgan fingerprint density at radius 1 is 1.33 bits per heavy atom. The summed E-state index contributed by atoms with van der Waals surface area (Å²) in [6.07, 6.45) is 6.03. The normalized spacial score (nSPS) is 21.2. The van der Waals surface area contributed by atoms with Crippen molar-refractivity contribution in [2.45, 2.75) is 39.5 Å². The molecule has 0 spiro atoms. The molecule has 4 rings (SSSR count). The van der Waals surface area contributed by atoms with Crippen LogP contribution in [0.2, 0.25) is 0 Å². The van der Waals surface area contributed by atoms with Crippen LogP contribution >= 0.6 is 0 Å². The van der Waals surface area contributed by atoms with Crippen LogP contribution in [0.1, 0.15) is 36.9 Å². The number of carbonyl (C=O) groups excluding carboxylic acids is 1. The molecule has 1 aliphatic carbocycles. The topological polar surface area (TPSA) is 75.4 Å². The molecule has 0 bridgehead atoms. The predicted octanol–water partition coefficient (Wildman–Crippen LogP) is 1.48. The van der Waals surface area contributed by atoms with E-state index in [-0.39, 0.29) is 11.8 Å². The molecule has 1 saturated heterocycles. The molecule has 1 atom stereocenters. The lowest BCUT2D eigenvalue weighted by atomic mass is 9.96. The van der Waals surface area contributed by atoms with Gasteiger partial charge in [0.25, 0.3) is 5.78 Å². The van der Waals surface area contributed by atoms with Crippen LogP contribution in [0.15, 0.2) is 6.33 Å². The number of anilines is 1. The van der Waals surface area contributed by atoms with E-state index in [9.17, 15) is 4.79 Å². The average molecular weight is 328 g/mol. The molecule has 128 valence electrons. The molecule has 2 aromatic rings. The fraction of sp³-hybridized carbons (Fsp3) is 0.647. The molecular weight excluding hydrogens is 304 g/mol. The lowest BCUT2D eigenvalue weighted by Gasteiger charge is -2.34. The van der Waals surface area contributed by atoms with Crippen LogP contribution in [-0.2, 0) is 4.79 Å². The summed E-state index contributed by atoms with van der Waals surface area (Å²) in [5.74, 6) is 2.60. The van der Waals surface area contributed by atoms with Crippen LogP contribution in [0, 0.1) is 25.7 Å². The van der Waals surface area contributed by atoms with Crippen molar-refractivity contribution in [3.05, 3.63) is 17.6 Å². The van der Waals surface area contributed by atoms with E-state index in [1.165, 1.54) is 19.2 Å². The van der Waals surface area contributed by atoms with Gasteiger partial charge in [-0.15, -0.1) is 0 Å². The van der Waals surface area contributed by atoms with Crippen LogP contribution < -0.4 is 10.2 Å². The highest BCUT2D eigenvalue weighted by Crippen LogP contribution is 2.29. The van der Waals surface area contributed by atoms with E-state index in [0.29, 0.717) is 11.7 Å². The van der Waals surface area contributed by atoms with E-state index in [0.717, 1.165) is 49.6 Å². The van der Waals surface area contributed by atoms with E-state index in [1.54, 1.807) is 4.52 Å². The number of hydrogen-bond acceptors (Lipinski definition) is 5. The minimum absolute atomic E-state index is 0.0453. The summed E-state index contributed by atoms with van der Waals surface area (Å²) >= 11 is 0. The number of aromatic nitrogens is 4. The van der Waals surface area contributed by atoms with Crippen molar-refractivity contribution >= 4 is 17.5 Å². The molecule has 2 aliphatic rings. The number of aryl methyl sites for hydroxylation is 1. The maximum atomic E-state index is 12.5. The van der Waals surface area contributed by atoms with Crippen LogP contribution in [-0.4, -0.2) is 45.1 Å². The molecule has 24 heavy (non-hydrogen) atoms. The maximum absolute atomic E-state index is 12.5. The Hall–Kier alpha value is -2.18. The van der Waals surface area contributed by atoms with Gasteiger partial charge in [0.1, 0.15) is 12.1 Å². The van der Waals surface area contributed by atoms with Crippen molar-refractivity contribution in [1.82, 2.24) is 24.9 Å². The molecular formula is C17H24N6O. The molecule has 1 N–H and O–H groups in total. The summed E-state index contributed by atoms with van der Waals surface area (Å²) in [7, 11) is 0. The van der Waals surface area contributed by atoms with Gasteiger partial charge in [-0.05, 0) is 45.4 Å². The fourth-order valence-electron chi connectivity index (χ4n) is 3.48. The van der Waals surface area contributed by atoms with Gasteiger partial charge in [-0.1, -0.05) is 0 Å². The molecule has 1 saturated carbocycles. The quantitative estimate of drug-likeness (QED) is 0.920. The predicted molar refractivity (Wildman–Crippen MR) is 90.9 cm³/mol. The van der Waals surface area contributed by atoms with Crippen LogP contribution in [0.5, 0.6) is 0 Å². The van der Waals surface area contributed by atoms with Crippen molar-refractivity contribution in [1.29, 1.82) is 0 Å². The minimum atomic E-state index is 0.0453. The molecule has 2 fully saturated rings. The van der Waals surface area contributed by atoms with Gasteiger partial charge in [-0.3, -0.25) is 4.79 Å². The first-order valence-electron chi connectivity index (χ1n) is 8.83. The molecule has 1 unspecified atom stereocenters. The third-order valence-corrected chi connectivity index (χ3v) is 5.23. The number of piperidine rings is 1. The SMILES string of the molecule is Cc1nc2ncnn2c(N2CCCC(C(=O)NCC3CC3)C2)c1C. The Labute approximate surface area is 141 Å². The third kappa shape index (κ3) is 2.83. The zero-order valence-corrected chi connectivity index (χ0v) is 14.3. The maximum Gasteiger partial charge on any atom is 0.254 e. The van der Waals surface area contributed by atoms with Crippen molar-refractivity contribution in [2.24, 2.45) is 11.8 Å². The summed E-state index contributed by atoms with van der Waals surface area (Å²) in [5, 5.41) is 7.47. The Bertz CT molecular complexity index is 766. The van der Waals surface area contributed by atoms with Crippen molar-refractivity contribution in [3.63, 3.8) is 0 Å². The number of rotatable bonds is 4. The number of amides is 1. The molecule has 1 amide bonds. The van der Waals surface area contributed by atoms with Gasteiger partial charge >= 0.3 is 0 Å². The Balaban J connectivity index is 1.56. The van der Waals surface area contributed by atoms with Gasteiger partial charge in [-0.25, -0.2) is 4.98 Å². The Kier molecular flexibility index (Phi) is 3.86. The van der Waals surface area contributed by atoms with Crippen LogP contribution in [0.4, 0.5) is 5.82 Å². The summed E-state index contributed by atoms with van der Waals surface area (Å²) < 4.78 is 1.80. The molecule has 1 aliphatic heterocycles. The molecule has 0 aromatic carbocycles. The lowest BCUT2D eigenvalue weighted by molar-refractivity contribution is -0.125. The second-order valence-corrected chi connectivity index (χ2v) is 7.09. The Morgan fingerprint density at radius 2 is 2.17 bits per heavy atom. The summed E-state index contributed by atoms with van der Waals surface area (Å²) in [5.41, 5.74) is 2.07. The van der Waals surface area contributed by atoms with E-state index in [1.807, 2.05) is 6.92 Å². The van der Waals surface area contributed by atoms with Crippen LogP contribution in [0.3, 0.4) is 0 Å². The first-order chi connectivity index (χ1) is 11.6. The van der Waals surface area contributed by atoms with E-state index >= 15 is 0 Å². The number of nitrogens with zero attached hydrogens (tertiary/aromatic N) is 5. The highest BCUT2D eigenvalue weighted by atomic mass is 16.1. The van der Waals surface area contributed by atoms with Gasteiger partial charge in [0.05, 0.1) is 5.92 Å². The standard InChI is InChI=1S/C17H24N6O/c1-11-12(2)21-17-19-10-20-23(17)16(11)22-7-3-4-14(9-22)15(24)18-8-13-5-6-13/h10,13-14H,3-9H2,1-2H3,(H,18,24). The molecule has 7 nitrogen and oxygen atoms in total. The monoisotopic (exact) mass is 328 g/mol. The summed E-state index contributed by atoms with van der Waals surface area (Å²) in [6, 6.07) is 0. The Morgan fingerprint density at radius 3 is 2.96 bits per heavy atom. The summed E-state index contributed by atoms with van der Waals surface area (Å²) in [6.45, 7) is 6.57. The third-order valence-electron chi connectivity index (χ3n) is 5.23. The van der Waals surface area contributed by atoms with E-state index < -0.39 is 0 Å². The van der Waals surface area contributed by atoms with Crippen LogP contribution in [0.25, 0.3) is 5.78 Å². The smallest absolute Gasteiger partial charge is 0.254 e. The highest BCUT2D eigenvalue weighted by molar-refractivity contribution is 5.79. The number of carbonyl (C=O) groups is 1. The van der Waals surface area contributed by atoms with Gasteiger partial charge in [0, 0.05) is 30.9 Å². The van der Waals surface area contributed by atoms with E-state index in [4.69, 9.17) is 0 Å². The van der Waals surface area contributed by atoms with Gasteiger partial charge in [0.15, 0.2) is 0 Å². The van der Waals surface area contributed by atoms with Crippen molar-refractivity contribution in [2.75, 3.05) is 24.5 Å². The zero-order chi connectivity index (χ0) is 16.7. The number of nitrogens with one attached hydrogen (secondary N) is 1. The van der Waals surface area contributed by atoms with Crippen molar-refractivity contribution < 1.29 is 4.79 Å². The van der Waals surface area contributed by atoms with E-state index in [2.05, 4.69) is 32.2 Å². The molecule has 2 aromatic heterocycles. The minimum Gasteiger partial charge on any atom is -0.356 e. The summed E-state index contributed by atoms with van der Waals surface area (Å²) in [4.78, 5) is 23.5. The number of fused-ring (bicyclic) bond motifs is 1. The lowest BCUT2D eigenvalue weighted by Crippen LogP contribution is -2.44. The number of hydrogen-bond donors (Lipinski definition) is 1.